The van der Waals surface area contributed by atoms with E-state index in [1.54, 1.807) is 0 Å². The maximum absolute atomic E-state index is 4.00. The lowest BCUT2D eigenvalue weighted by molar-refractivity contribution is 1.37. The van der Waals surface area contributed by atoms with Crippen LogP contribution in [0.15, 0.2) is 31.4 Å². The molecule has 0 atom stereocenters. The monoisotopic (exact) mass is 416 g/mol. The van der Waals surface area contributed by atoms with E-state index in [0.717, 1.165) is 0 Å². The van der Waals surface area contributed by atoms with E-state index in [0.29, 0.717) is 0 Å². The summed E-state index contributed by atoms with van der Waals surface area (Å²) in [5, 5.41) is 0. The summed E-state index contributed by atoms with van der Waals surface area (Å²) in [6, 6.07) is 0. The van der Waals surface area contributed by atoms with E-state index in [1.807, 2.05) is 88.3 Å². The van der Waals surface area contributed by atoms with Crippen LogP contribution in [-0.2, 0) is 0 Å². The zero-order valence-corrected chi connectivity index (χ0v) is 21.0. The molecule has 0 nitrogen and oxygen atoms in total. The van der Waals surface area contributed by atoms with Crippen molar-refractivity contribution in [2.75, 3.05) is 0 Å². The fourth-order valence-electron chi connectivity index (χ4n) is 2.54. The molecule has 176 valence electrons. The smallest absolute Gasteiger partial charge is 0.0103 e. The van der Waals surface area contributed by atoms with Crippen molar-refractivity contribution in [1.29, 1.82) is 0 Å². The van der Waals surface area contributed by atoms with Crippen molar-refractivity contribution in [2.24, 2.45) is 0 Å². The zero-order chi connectivity index (χ0) is 23.1. The van der Waals surface area contributed by atoms with Gasteiger partial charge in [-0.1, -0.05) is 132 Å². The third-order valence-corrected chi connectivity index (χ3v) is 3.38. The average molecular weight is 417 g/mol. The first kappa shape index (κ1) is 42.1. The van der Waals surface area contributed by atoms with Gasteiger partial charge in [-0.2, -0.15) is 0 Å². The number of hydrogen-bond donors (Lipinski definition) is 0. The molecule has 0 saturated heterocycles. The molecule has 0 saturated carbocycles. The Balaban J connectivity index is -0.000000129. The quantitative estimate of drug-likeness (QED) is 0.447. The van der Waals surface area contributed by atoms with Crippen LogP contribution in [0, 0.1) is 6.92 Å². The van der Waals surface area contributed by atoms with Crippen LogP contribution >= 0.6 is 0 Å². The maximum Gasteiger partial charge on any atom is -0.0103 e. The molecule has 0 aromatic heterocycles. The Kier molecular flexibility index (Phi) is 44.4. The van der Waals surface area contributed by atoms with Crippen LogP contribution in [0.1, 0.15) is 124 Å². The van der Waals surface area contributed by atoms with Crippen LogP contribution in [0.5, 0.6) is 0 Å². The number of benzene rings is 1. The fraction of sp³-hybridized carbons (Fsp3) is 0.467. The summed E-state index contributed by atoms with van der Waals surface area (Å²) in [6.07, 6.45) is 16.5. The molecule has 1 rings (SSSR count). The highest BCUT2D eigenvalue weighted by molar-refractivity contribution is 5.86. The Labute approximate surface area is 193 Å². The van der Waals surface area contributed by atoms with Crippen molar-refractivity contribution in [3.05, 3.63) is 64.8 Å². The number of hydrogen-bond acceptors (Lipinski definition) is 0. The molecule has 0 bridgehead atoms. The molecule has 0 radical (unpaired) electrons. The van der Waals surface area contributed by atoms with Crippen molar-refractivity contribution in [2.45, 2.75) is 97.9 Å². The minimum atomic E-state index is 0. The van der Waals surface area contributed by atoms with Crippen LogP contribution < -0.4 is 0 Å². The lowest BCUT2D eigenvalue weighted by atomic mass is 9.86. The van der Waals surface area contributed by atoms with E-state index < -0.39 is 0 Å². The van der Waals surface area contributed by atoms with Crippen molar-refractivity contribution < 1.29 is 0 Å². The molecule has 0 unspecified atom stereocenters. The predicted molar refractivity (Wildman–Crippen MR) is 154 cm³/mol. The van der Waals surface area contributed by atoms with E-state index in [9.17, 15) is 0 Å². The molecule has 0 aliphatic rings. The lowest BCUT2D eigenvalue weighted by Gasteiger charge is -2.18. The van der Waals surface area contributed by atoms with Crippen LogP contribution in [0.25, 0.3) is 30.4 Å². The highest BCUT2D eigenvalue weighted by Crippen LogP contribution is 2.32. The molecule has 30 heavy (non-hydrogen) atoms. The summed E-state index contributed by atoms with van der Waals surface area (Å²) < 4.78 is 0. The van der Waals surface area contributed by atoms with Gasteiger partial charge in [0.05, 0.1) is 0 Å². The Hall–Kier alpha value is -2.08. The second kappa shape index (κ2) is 31.6. The first-order valence-corrected chi connectivity index (χ1v) is 11.0. The van der Waals surface area contributed by atoms with E-state index in [1.165, 1.54) is 33.4 Å². The molecule has 0 aliphatic carbocycles. The van der Waals surface area contributed by atoms with Crippen LogP contribution in [0.2, 0.25) is 0 Å². The van der Waals surface area contributed by atoms with Gasteiger partial charge in [-0.05, 0) is 61.1 Å². The maximum atomic E-state index is 4.00. The van der Waals surface area contributed by atoms with E-state index >= 15 is 0 Å². The van der Waals surface area contributed by atoms with Gasteiger partial charge in [-0.3, -0.25) is 0 Å². The van der Waals surface area contributed by atoms with Gasteiger partial charge in [0.2, 0.25) is 0 Å². The van der Waals surface area contributed by atoms with E-state index in [2.05, 4.69) is 56.5 Å². The van der Waals surface area contributed by atoms with Gasteiger partial charge in [0, 0.05) is 0 Å². The molecule has 0 amide bonds. The molecular formula is C30H56. The first-order chi connectivity index (χ1) is 13.7. The van der Waals surface area contributed by atoms with Gasteiger partial charge >= 0.3 is 0 Å². The highest BCUT2D eigenvalue weighted by Gasteiger charge is 2.14. The lowest BCUT2D eigenvalue weighted by Crippen LogP contribution is -1.99. The minimum Gasteiger partial charge on any atom is -0.0984 e. The second-order valence-corrected chi connectivity index (χ2v) is 4.60. The van der Waals surface area contributed by atoms with Crippen molar-refractivity contribution in [1.82, 2.24) is 0 Å². The summed E-state index contributed by atoms with van der Waals surface area (Å²) in [4.78, 5) is 0. The van der Waals surface area contributed by atoms with Crippen molar-refractivity contribution >= 4 is 30.4 Å². The fourth-order valence-corrected chi connectivity index (χ4v) is 2.54. The Morgan fingerprint density at radius 1 is 0.467 bits per heavy atom. The summed E-state index contributed by atoms with van der Waals surface area (Å²) in [5.74, 6) is 0. The van der Waals surface area contributed by atoms with E-state index in [4.69, 9.17) is 0 Å². The molecule has 0 N–H and O–H groups in total. The summed E-state index contributed by atoms with van der Waals surface area (Å²) in [7, 11) is 0. The standard InChI is InChI=1S/C20H24.4C2H6.2CH4/c1-7-12-18-15(6)16(10-4)19(13-8-2)20(14-9-3)17(18)11-5;4*1-2;;/h7-14H,4-5H2,1-3,6H3;4*1-2H3;2*1H4/b12-7-,13-8-,14-9-;;;;;;. The first-order valence-electron chi connectivity index (χ1n) is 11.0. The molecule has 0 heterocycles. The molecule has 0 spiro atoms. The molecule has 1 aromatic carbocycles. The predicted octanol–water partition coefficient (Wildman–Crippen LogP) is 11.8. The van der Waals surface area contributed by atoms with Gasteiger partial charge in [0.25, 0.3) is 0 Å². The number of allylic oxidation sites excluding steroid dienone is 3. The average Bonchev–Trinajstić information content (AvgIpc) is 2.77. The molecule has 1 aromatic rings. The Morgan fingerprint density at radius 2 is 0.733 bits per heavy atom. The van der Waals surface area contributed by atoms with E-state index in [-0.39, 0.29) is 14.9 Å². The van der Waals surface area contributed by atoms with Gasteiger partial charge in [-0.25, -0.2) is 0 Å². The van der Waals surface area contributed by atoms with Crippen LogP contribution in [0.4, 0.5) is 0 Å². The molecule has 0 aliphatic heterocycles. The minimum absolute atomic E-state index is 0. The van der Waals surface area contributed by atoms with Crippen LogP contribution in [0.3, 0.4) is 0 Å². The molecule has 0 heteroatoms. The van der Waals surface area contributed by atoms with Crippen LogP contribution in [-0.4, -0.2) is 0 Å². The van der Waals surface area contributed by atoms with Crippen molar-refractivity contribution in [3.63, 3.8) is 0 Å². The molecular weight excluding hydrogens is 360 g/mol. The second-order valence-electron chi connectivity index (χ2n) is 4.60. The Bertz CT molecular complexity index is 593. The van der Waals surface area contributed by atoms with Gasteiger partial charge in [0.1, 0.15) is 0 Å². The molecule has 0 fully saturated rings. The third-order valence-electron chi connectivity index (χ3n) is 3.38. The summed E-state index contributed by atoms with van der Waals surface area (Å²) in [5.41, 5.74) is 7.25. The summed E-state index contributed by atoms with van der Waals surface area (Å²) in [6.45, 7) is 32.2. The Morgan fingerprint density at radius 3 is 1.00 bits per heavy atom. The summed E-state index contributed by atoms with van der Waals surface area (Å²) >= 11 is 0. The van der Waals surface area contributed by atoms with Gasteiger partial charge in [-0.15, -0.1) is 0 Å². The van der Waals surface area contributed by atoms with Crippen molar-refractivity contribution in [3.8, 4) is 0 Å². The largest absolute Gasteiger partial charge is 0.0984 e. The normalized spacial score (nSPS) is 8.67. The topological polar surface area (TPSA) is 0 Å². The SMILES string of the molecule is C.C.C=Cc1c(C)c(/C=C\C)c(C=C)c(/C=C\C)c1/C=C\C.CC.CC.CC.CC. The van der Waals surface area contributed by atoms with Gasteiger partial charge < -0.3 is 0 Å². The third kappa shape index (κ3) is 13.2. The van der Waals surface area contributed by atoms with Gasteiger partial charge in [0.15, 0.2) is 0 Å². The number of rotatable bonds is 5. The zero-order valence-electron chi connectivity index (χ0n) is 21.0. The highest BCUT2D eigenvalue weighted by atomic mass is 14.2.